The number of allylic oxidation sites excluding steroid dienone is 1. The summed E-state index contributed by atoms with van der Waals surface area (Å²) in [4.78, 5) is 29.6. The topological polar surface area (TPSA) is 91.3 Å². The minimum Gasteiger partial charge on any atom is -0.508 e. The fourth-order valence-electron chi connectivity index (χ4n) is 3.52. The molecule has 1 aromatic heterocycles. The van der Waals surface area contributed by atoms with Gasteiger partial charge in [0.05, 0.1) is 16.1 Å². The van der Waals surface area contributed by atoms with Gasteiger partial charge in [-0.25, -0.2) is 0 Å². The number of carbonyl (C=O) groups is 2. The molecule has 0 bridgehead atoms. The molecule has 3 N–H and O–H groups in total. The third-order valence-corrected chi connectivity index (χ3v) is 5.51. The lowest BCUT2D eigenvalue weighted by molar-refractivity contribution is 0.0944. The molecule has 0 aliphatic rings. The summed E-state index contributed by atoms with van der Waals surface area (Å²) in [6.07, 6.45) is 2.19. The molecule has 0 spiro atoms. The molecule has 4 aromatic rings. The summed E-state index contributed by atoms with van der Waals surface area (Å²) in [7, 11) is 0. The third kappa shape index (κ3) is 5.60. The van der Waals surface area contributed by atoms with E-state index in [4.69, 9.17) is 11.6 Å². The summed E-state index contributed by atoms with van der Waals surface area (Å²) in [5.74, 6) is -0.621. The predicted octanol–water partition coefficient (Wildman–Crippen LogP) is 5.01. The summed E-state index contributed by atoms with van der Waals surface area (Å²) in [5, 5.41) is 16.2. The Labute approximate surface area is 201 Å². The quantitative estimate of drug-likeness (QED) is 0.353. The van der Waals surface area contributed by atoms with Crippen LogP contribution in [0.1, 0.15) is 31.8 Å². The third-order valence-electron chi connectivity index (χ3n) is 5.19. The van der Waals surface area contributed by atoms with E-state index in [9.17, 15) is 14.7 Å². The van der Waals surface area contributed by atoms with E-state index in [1.165, 1.54) is 18.2 Å². The van der Waals surface area contributed by atoms with Crippen LogP contribution in [0, 0.1) is 0 Å². The van der Waals surface area contributed by atoms with Crippen molar-refractivity contribution in [2.24, 2.45) is 0 Å². The number of aromatic hydroxyl groups is 1. The maximum atomic E-state index is 12.7. The van der Waals surface area contributed by atoms with Gasteiger partial charge in [0.1, 0.15) is 5.75 Å². The summed E-state index contributed by atoms with van der Waals surface area (Å²) in [6, 6.07) is 20.9. The zero-order valence-corrected chi connectivity index (χ0v) is 19.0. The first-order chi connectivity index (χ1) is 16.4. The van der Waals surface area contributed by atoms with Crippen molar-refractivity contribution >= 4 is 34.3 Å². The van der Waals surface area contributed by atoms with Crippen LogP contribution in [0.25, 0.3) is 10.9 Å². The number of benzene rings is 3. The monoisotopic (exact) mass is 471 g/mol. The lowest BCUT2D eigenvalue weighted by Crippen LogP contribution is -2.25. The highest BCUT2D eigenvalue weighted by molar-refractivity contribution is 6.34. The van der Waals surface area contributed by atoms with Crippen LogP contribution < -0.4 is 10.6 Å². The zero-order chi connectivity index (χ0) is 24.1. The van der Waals surface area contributed by atoms with Gasteiger partial charge in [0.2, 0.25) is 0 Å². The lowest BCUT2D eigenvalue weighted by Gasteiger charge is -2.11. The molecule has 0 aliphatic heterocycles. The van der Waals surface area contributed by atoms with Gasteiger partial charge in [-0.3, -0.25) is 14.6 Å². The Morgan fingerprint density at radius 3 is 2.56 bits per heavy atom. The molecule has 4 rings (SSSR count). The van der Waals surface area contributed by atoms with Gasteiger partial charge in [0.25, 0.3) is 11.8 Å². The second-order valence-electron chi connectivity index (χ2n) is 7.82. The van der Waals surface area contributed by atoms with Gasteiger partial charge in [-0.1, -0.05) is 48.5 Å². The number of pyridine rings is 1. The molecule has 7 heteroatoms. The molecule has 6 nitrogen and oxygen atoms in total. The number of para-hydroxylation sites is 1. The van der Waals surface area contributed by atoms with E-state index >= 15 is 0 Å². The van der Waals surface area contributed by atoms with Crippen molar-refractivity contribution in [3.05, 3.63) is 119 Å². The second-order valence-corrected chi connectivity index (χ2v) is 8.23. The summed E-state index contributed by atoms with van der Waals surface area (Å²) < 4.78 is 0. The molecule has 0 aliphatic carbocycles. The minimum atomic E-state index is -0.407. The Morgan fingerprint density at radius 1 is 0.941 bits per heavy atom. The van der Waals surface area contributed by atoms with Crippen molar-refractivity contribution < 1.29 is 14.7 Å². The van der Waals surface area contributed by atoms with E-state index in [-0.39, 0.29) is 28.8 Å². The number of nitrogens with one attached hydrogen (secondary N) is 2. The maximum Gasteiger partial charge on any atom is 0.256 e. The minimum absolute atomic E-state index is 0.128. The van der Waals surface area contributed by atoms with E-state index < -0.39 is 5.91 Å². The zero-order valence-electron chi connectivity index (χ0n) is 18.2. The fourth-order valence-corrected chi connectivity index (χ4v) is 3.79. The van der Waals surface area contributed by atoms with Crippen LogP contribution in [-0.4, -0.2) is 21.9 Å². The molecular weight excluding hydrogens is 450 g/mol. The largest absolute Gasteiger partial charge is 0.508 e. The number of rotatable bonds is 7. The van der Waals surface area contributed by atoms with Crippen LogP contribution in [0.2, 0.25) is 5.02 Å². The van der Waals surface area contributed by atoms with Crippen molar-refractivity contribution in [3.8, 4) is 5.75 Å². The van der Waals surface area contributed by atoms with E-state index in [0.29, 0.717) is 17.7 Å². The predicted molar refractivity (Wildman–Crippen MR) is 133 cm³/mol. The Kier molecular flexibility index (Phi) is 6.90. The molecule has 0 fully saturated rings. The van der Waals surface area contributed by atoms with Gasteiger partial charge < -0.3 is 15.7 Å². The number of carbonyl (C=O) groups excluding carboxylic acids is 2. The van der Waals surface area contributed by atoms with Crippen molar-refractivity contribution in [2.75, 3.05) is 0 Å². The van der Waals surface area contributed by atoms with Gasteiger partial charge in [0.15, 0.2) is 0 Å². The Hall–Kier alpha value is -4.16. The van der Waals surface area contributed by atoms with Crippen molar-refractivity contribution in [1.82, 2.24) is 15.6 Å². The smallest absolute Gasteiger partial charge is 0.256 e. The van der Waals surface area contributed by atoms with Crippen molar-refractivity contribution in [2.45, 2.75) is 13.0 Å². The number of phenolic OH excluding ortho intramolecular Hbond substituents is 1. The first kappa shape index (κ1) is 23.0. The molecular formula is C27H22ClN3O3. The average molecular weight is 472 g/mol. The van der Waals surface area contributed by atoms with Crippen LogP contribution in [-0.2, 0) is 13.0 Å². The average Bonchev–Trinajstić information content (AvgIpc) is 2.82. The number of nitrogens with zero attached hydrogens (tertiary/aromatic N) is 1. The number of halogens is 1. The summed E-state index contributed by atoms with van der Waals surface area (Å²) >= 11 is 6.30. The number of hydrogen-bond donors (Lipinski definition) is 3. The molecule has 1 heterocycles. The number of aromatic nitrogens is 1. The van der Waals surface area contributed by atoms with Crippen molar-refractivity contribution in [1.29, 1.82) is 0 Å². The van der Waals surface area contributed by atoms with Crippen LogP contribution in [0.3, 0.4) is 0 Å². The van der Waals surface area contributed by atoms with E-state index in [2.05, 4.69) is 22.2 Å². The Morgan fingerprint density at radius 2 is 1.76 bits per heavy atom. The molecule has 0 radical (unpaired) electrons. The van der Waals surface area contributed by atoms with Gasteiger partial charge in [0, 0.05) is 35.8 Å². The molecule has 34 heavy (non-hydrogen) atoms. The first-order valence-corrected chi connectivity index (χ1v) is 11.0. The van der Waals surface area contributed by atoms with Gasteiger partial charge in [-0.2, -0.15) is 0 Å². The summed E-state index contributed by atoms with van der Waals surface area (Å²) in [5.41, 5.74) is 3.65. The van der Waals surface area contributed by atoms with E-state index in [1.54, 1.807) is 30.5 Å². The number of hydrogen-bond acceptors (Lipinski definition) is 4. The molecule has 2 amide bonds. The summed E-state index contributed by atoms with van der Waals surface area (Å²) in [6.45, 7) is 4.19. The van der Waals surface area contributed by atoms with Crippen LogP contribution in [0.5, 0.6) is 5.75 Å². The molecule has 0 saturated heterocycles. The SMILES string of the molecule is C=C(Cc1cnc2ccccc2c1)NC(=O)c1ccc(C(=O)NCc2cccc(O)c2)cc1Cl. The van der Waals surface area contributed by atoms with Crippen molar-refractivity contribution in [3.63, 3.8) is 0 Å². The molecule has 0 saturated carbocycles. The number of phenols is 1. The normalized spacial score (nSPS) is 10.6. The van der Waals surface area contributed by atoms with Gasteiger partial charge in [-0.15, -0.1) is 0 Å². The Bertz CT molecular complexity index is 1400. The van der Waals surface area contributed by atoms with E-state index in [1.807, 2.05) is 30.3 Å². The number of amides is 2. The van der Waals surface area contributed by atoms with E-state index in [0.717, 1.165) is 22.0 Å². The van der Waals surface area contributed by atoms with Crippen LogP contribution in [0.4, 0.5) is 0 Å². The molecule has 0 unspecified atom stereocenters. The highest BCUT2D eigenvalue weighted by Gasteiger charge is 2.15. The Balaban J connectivity index is 1.37. The van der Waals surface area contributed by atoms with Crippen LogP contribution in [0.15, 0.2) is 91.3 Å². The molecule has 3 aromatic carbocycles. The highest BCUT2D eigenvalue weighted by atomic mass is 35.5. The highest BCUT2D eigenvalue weighted by Crippen LogP contribution is 2.20. The number of fused-ring (bicyclic) bond motifs is 1. The first-order valence-electron chi connectivity index (χ1n) is 10.6. The second kappa shape index (κ2) is 10.2. The van der Waals surface area contributed by atoms with Gasteiger partial charge >= 0.3 is 0 Å². The van der Waals surface area contributed by atoms with Crippen LogP contribution >= 0.6 is 11.6 Å². The van der Waals surface area contributed by atoms with Gasteiger partial charge in [-0.05, 0) is 53.6 Å². The lowest BCUT2D eigenvalue weighted by atomic mass is 10.1. The standard InChI is InChI=1S/C27H22ClN3O3/c1-17(11-19-12-20-6-2-3-8-25(20)29-16-19)31-27(34)23-10-9-21(14-24(23)28)26(33)30-15-18-5-4-7-22(32)13-18/h2-10,12-14,16,32H,1,11,15H2,(H,30,33)(H,31,34). The fraction of sp³-hybridized carbons (Fsp3) is 0.0741. The molecule has 170 valence electrons. The molecule has 0 atom stereocenters. The maximum absolute atomic E-state index is 12.7.